The van der Waals surface area contributed by atoms with Gasteiger partial charge in [-0.25, -0.2) is 12.7 Å². The molecule has 1 aliphatic rings. The van der Waals surface area contributed by atoms with Crippen molar-refractivity contribution in [3.8, 4) is 0 Å². The zero-order valence-electron chi connectivity index (χ0n) is 12.0. The number of ether oxygens (including phenoxy) is 1. The van der Waals surface area contributed by atoms with Crippen molar-refractivity contribution in [2.45, 2.75) is 31.8 Å². The van der Waals surface area contributed by atoms with Crippen LogP contribution in [-0.2, 0) is 21.2 Å². The fraction of sp³-hybridized carbons (Fsp3) is 0.600. The first-order chi connectivity index (χ1) is 9.62. The standard InChI is InChI=1S/C15H23NO3S/c1-19-15-9-11-16(12-10-15)20(17,18)13-5-8-14-6-3-2-4-7-14/h2-4,6-7,15H,5,8-13H2,1H3. The fourth-order valence-electron chi connectivity index (χ4n) is 2.58. The molecule has 4 nitrogen and oxygen atoms in total. The molecule has 0 radical (unpaired) electrons. The van der Waals surface area contributed by atoms with Gasteiger partial charge >= 0.3 is 0 Å². The van der Waals surface area contributed by atoms with Gasteiger partial charge in [-0.05, 0) is 31.2 Å². The first-order valence-electron chi connectivity index (χ1n) is 7.16. The summed E-state index contributed by atoms with van der Waals surface area (Å²) in [6, 6.07) is 10.0. The van der Waals surface area contributed by atoms with Gasteiger partial charge in [0.25, 0.3) is 0 Å². The molecule has 0 amide bonds. The van der Waals surface area contributed by atoms with E-state index in [9.17, 15) is 8.42 Å². The average Bonchev–Trinajstić information content (AvgIpc) is 2.48. The van der Waals surface area contributed by atoms with E-state index < -0.39 is 10.0 Å². The maximum absolute atomic E-state index is 12.3. The molecule has 0 aliphatic carbocycles. The summed E-state index contributed by atoms with van der Waals surface area (Å²) in [5.74, 6) is 0.236. The molecule has 0 unspecified atom stereocenters. The lowest BCUT2D eigenvalue weighted by molar-refractivity contribution is 0.0604. The van der Waals surface area contributed by atoms with E-state index in [4.69, 9.17) is 4.74 Å². The van der Waals surface area contributed by atoms with Crippen molar-refractivity contribution in [2.75, 3.05) is 26.0 Å². The summed E-state index contributed by atoms with van der Waals surface area (Å²) in [7, 11) is -1.42. The van der Waals surface area contributed by atoms with E-state index in [2.05, 4.69) is 0 Å². The zero-order valence-corrected chi connectivity index (χ0v) is 12.8. The first kappa shape index (κ1) is 15.5. The number of methoxy groups -OCH3 is 1. The van der Waals surface area contributed by atoms with Crippen LogP contribution in [0.25, 0.3) is 0 Å². The second-order valence-corrected chi connectivity index (χ2v) is 7.33. The summed E-state index contributed by atoms with van der Waals surface area (Å²) in [4.78, 5) is 0. The summed E-state index contributed by atoms with van der Waals surface area (Å²) in [6.07, 6.45) is 3.30. The van der Waals surface area contributed by atoms with Gasteiger partial charge in [0.2, 0.25) is 10.0 Å². The van der Waals surface area contributed by atoms with Gasteiger partial charge in [-0.2, -0.15) is 0 Å². The van der Waals surface area contributed by atoms with Crippen LogP contribution in [0.2, 0.25) is 0 Å². The summed E-state index contributed by atoms with van der Waals surface area (Å²) in [5.41, 5.74) is 1.20. The highest BCUT2D eigenvalue weighted by Gasteiger charge is 2.27. The monoisotopic (exact) mass is 297 g/mol. The van der Waals surface area contributed by atoms with Crippen molar-refractivity contribution in [1.82, 2.24) is 4.31 Å². The lowest BCUT2D eigenvalue weighted by atomic mass is 10.1. The Hall–Kier alpha value is -0.910. The average molecular weight is 297 g/mol. The van der Waals surface area contributed by atoms with Crippen molar-refractivity contribution < 1.29 is 13.2 Å². The minimum atomic E-state index is -3.11. The van der Waals surface area contributed by atoms with E-state index >= 15 is 0 Å². The van der Waals surface area contributed by atoms with Gasteiger partial charge in [-0.1, -0.05) is 30.3 Å². The summed E-state index contributed by atoms with van der Waals surface area (Å²) in [5, 5.41) is 0. The molecule has 1 aliphatic heterocycles. The highest BCUT2D eigenvalue weighted by atomic mass is 32.2. The Morgan fingerprint density at radius 3 is 2.45 bits per heavy atom. The third kappa shape index (κ3) is 4.30. The van der Waals surface area contributed by atoms with Gasteiger partial charge < -0.3 is 4.74 Å². The van der Waals surface area contributed by atoms with Gasteiger partial charge in [-0.3, -0.25) is 0 Å². The van der Waals surface area contributed by atoms with Gasteiger partial charge in [0, 0.05) is 20.2 Å². The molecule has 0 spiro atoms. The number of nitrogens with zero attached hydrogens (tertiary/aromatic N) is 1. The van der Waals surface area contributed by atoms with Crippen LogP contribution < -0.4 is 0 Å². The van der Waals surface area contributed by atoms with Gasteiger partial charge in [-0.15, -0.1) is 0 Å². The van der Waals surface area contributed by atoms with Crippen molar-refractivity contribution in [3.63, 3.8) is 0 Å². The Labute approximate surface area is 121 Å². The number of hydrogen-bond donors (Lipinski definition) is 0. The molecular weight excluding hydrogens is 274 g/mol. The molecule has 1 saturated heterocycles. The maximum Gasteiger partial charge on any atom is 0.214 e. The molecule has 1 fully saturated rings. The van der Waals surface area contributed by atoms with E-state index in [1.807, 2.05) is 30.3 Å². The lowest BCUT2D eigenvalue weighted by Crippen LogP contribution is -2.41. The van der Waals surface area contributed by atoms with E-state index in [-0.39, 0.29) is 11.9 Å². The number of rotatable bonds is 6. The van der Waals surface area contributed by atoms with Crippen molar-refractivity contribution in [2.24, 2.45) is 0 Å². The fourth-order valence-corrected chi connectivity index (χ4v) is 4.11. The molecule has 0 aromatic heterocycles. The van der Waals surface area contributed by atoms with Gasteiger partial charge in [0.15, 0.2) is 0 Å². The second-order valence-electron chi connectivity index (χ2n) is 5.24. The molecule has 1 heterocycles. The Morgan fingerprint density at radius 2 is 1.85 bits per heavy atom. The van der Waals surface area contributed by atoms with Crippen LogP contribution in [0.3, 0.4) is 0 Å². The highest BCUT2D eigenvalue weighted by molar-refractivity contribution is 7.89. The van der Waals surface area contributed by atoms with Crippen molar-refractivity contribution in [1.29, 1.82) is 0 Å². The summed E-state index contributed by atoms with van der Waals surface area (Å²) >= 11 is 0. The SMILES string of the molecule is COC1CCN(S(=O)(=O)CCCc2ccccc2)CC1. The lowest BCUT2D eigenvalue weighted by Gasteiger charge is -2.30. The third-order valence-electron chi connectivity index (χ3n) is 3.84. The number of sulfonamides is 1. The van der Waals surface area contributed by atoms with E-state index in [0.717, 1.165) is 19.3 Å². The van der Waals surface area contributed by atoms with E-state index in [1.54, 1.807) is 11.4 Å². The number of hydrogen-bond acceptors (Lipinski definition) is 3. The Morgan fingerprint density at radius 1 is 1.20 bits per heavy atom. The van der Waals surface area contributed by atoms with Crippen LogP contribution in [0.1, 0.15) is 24.8 Å². The predicted molar refractivity (Wildman–Crippen MR) is 80.2 cm³/mol. The third-order valence-corrected chi connectivity index (χ3v) is 5.79. The largest absolute Gasteiger partial charge is 0.381 e. The van der Waals surface area contributed by atoms with Crippen LogP contribution in [0.4, 0.5) is 0 Å². The number of benzene rings is 1. The normalized spacial score (nSPS) is 18.2. The van der Waals surface area contributed by atoms with Crippen molar-refractivity contribution >= 4 is 10.0 Å². The van der Waals surface area contributed by atoms with E-state index in [0.29, 0.717) is 19.5 Å². The van der Waals surface area contributed by atoms with Gasteiger partial charge in [0.1, 0.15) is 0 Å². The van der Waals surface area contributed by atoms with Gasteiger partial charge in [0.05, 0.1) is 11.9 Å². The minimum absolute atomic E-state index is 0.214. The Bertz CT molecular complexity index is 493. The summed E-state index contributed by atoms with van der Waals surface area (Å²) in [6.45, 7) is 1.18. The summed E-state index contributed by atoms with van der Waals surface area (Å²) < 4.78 is 31.4. The molecule has 2 rings (SSSR count). The molecule has 0 atom stereocenters. The molecular formula is C15H23NO3S. The van der Waals surface area contributed by atoms with E-state index in [1.165, 1.54) is 5.56 Å². The first-order valence-corrected chi connectivity index (χ1v) is 8.77. The maximum atomic E-state index is 12.3. The molecule has 0 N–H and O–H groups in total. The molecule has 5 heteroatoms. The zero-order chi connectivity index (χ0) is 14.4. The predicted octanol–water partition coefficient (Wildman–Crippen LogP) is 2.06. The topological polar surface area (TPSA) is 46.6 Å². The molecule has 20 heavy (non-hydrogen) atoms. The Balaban J connectivity index is 1.79. The smallest absolute Gasteiger partial charge is 0.214 e. The number of piperidine rings is 1. The minimum Gasteiger partial charge on any atom is -0.381 e. The van der Waals surface area contributed by atoms with Crippen LogP contribution in [0, 0.1) is 0 Å². The molecule has 0 bridgehead atoms. The molecule has 1 aromatic carbocycles. The van der Waals surface area contributed by atoms with Crippen LogP contribution in [0.5, 0.6) is 0 Å². The highest BCUT2D eigenvalue weighted by Crippen LogP contribution is 2.17. The quantitative estimate of drug-likeness (QED) is 0.807. The number of aryl methyl sites for hydroxylation is 1. The molecule has 0 saturated carbocycles. The van der Waals surface area contributed by atoms with Crippen LogP contribution in [-0.4, -0.2) is 44.8 Å². The van der Waals surface area contributed by atoms with Crippen LogP contribution in [0.15, 0.2) is 30.3 Å². The van der Waals surface area contributed by atoms with Crippen molar-refractivity contribution in [3.05, 3.63) is 35.9 Å². The molecule has 1 aromatic rings. The van der Waals surface area contributed by atoms with Crippen LogP contribution >= 0.6 is 0 Å². The second kappa shape index (κ2) is 7.20. The molecule has 112 valence electrons. The Kier molecular flexibility index (Phi) is 5.57.